The zero-order valence-corrected chi connectivity index (χ0v) is 7.61. The highest BCUT2D eigenvalue weighted by Gasteiger charge is 2.09. The van der Waals surface area contributed by atoms with E-state index in [4.69, 9.17) is 17.3 Å². The molecule has 0 spiro atoms. The summed E-state index contributed by atoms with van der Waals surface area (Å²) in [7, 11) is 0. The quantitative estimate of drug-likeness (QED) is 0.757. The fourth-order valence-electron chi connectivity index (χ4n) is 0.857. The molecule has 0 bridgehead atoms. The molecule has 0 fully saturated rings. The zero-order valence-electron chi connectivity index (χ0n) is 6.85. The van der Waals surface area contributed by atoms with Crippen LogP contribution < -0.4 is 10.5 Å². The standard InChI is InChI=1S/C8H8ClF2NO/c1-4-2-7(13-8(10)11)5(9)3-6(4)12/h2-3,8H,12H2,1H3. The van der Waals surface area contributed by atoms with E-state index in [2.05, 4.69) is 4.74 Å². The number of benzene rings is 1. The second-order valence-corrected chi connectivity index (χ2v) is 2.92. The molecular formula is C8H8ClF2NO. The number of nitrogen functional groups attached to an aromatic ring is 1. The number of rotatable bonds is 2. The molecule has 1 aromatic rings. The zero-order chi connectivity index (χ0) is 10.0. The third-order valence-electron chi connectivity index (χ3n) is 1.54. The van der Waals surface area contributed by atoms with Gasteiger partial charge >= 0.3 is 6.61 Å². The van der Waals surface area contributed by atoms with Gasteiger partial charge < -0.3 is 10.5 Å². The summed E-state index contributed by atoms with van der Waals surface area (Å²) in [5, 5.41) is 0.0865. The number of aryl methyl sites for hydroxylation is 1. The second-order valence-electron chi connectivity index (χ2n) is 2.52. The molecule has 0 radical (unpaired) electrons. The minimum Gasteiger partial charge on any atom is -0.433 e. The number of ether oxygens (including phenoxy) is 1. The van der Waals surface area contributed by atoms with Crippen molar-refractivity contribution in [3.63, 3.8) is 0 Å². The Kier molecular flexibility index (Phi) is 2.93. The SMILES string of the molecule is Cc1cc(OC(F)F)c(Cl)cc1N. The van der Waals surface area contributed by atoms with Gasteiger partial charge in [-0.2, -0.15) is 8.78 Å². The molecule has 1 rings (SSSR count). The fourth-order valence-corrected chi connectivity index (χ4v) is 1.07. The van der Waals surface area contributed by atoms with E-state index in [-0.39, 0.29) is 10.8 Å². The van der Waals surface area contributed by atoms with Crippen LogP contribution in [0.2, 0.25) is 5.02 Å². The van der Waals surface area contributed by atoms with Crippen molar-refractivity contribution in [3.05, 3.63) is 22.7 Å². The van der Waals surface area contributed by atoms with E-state index in [1.54, 1.807) is 6.92 Å². The third kappa shape index (κ3) is 2.45. The minimum atomic E-state index is -2.87. The molecule has 0 aliphatic rings. The smallest absolute Gasteiger partial charge is 0.387 e. The van der Waals surface area contributed by atoms with E-state index in [0.29, 0.717) is 11.3 Å². The Hall–Kier alpha value is -1.03. The Balaban J connectivity index is 3.01. The number of halogens is 3. The monoisotopic (exact) mass is 207 g/mol. The van der Waals surface area contributed by atoms with Crippen LogP contribution in [0.15, 0.2) is 12.1 Å². The van der Waals surface area contributed by atoms with Crippen molar-refractivity contribution < 1.29 is 13.5 Å². The number of alkyl halides is 2. The molecule has 72 valence electrons. The van der Waals surface area contributed by atoms with Gasteiger partial charge in [-0.3, -0.25) is 0 Å². The number of hydrogen-bond acceptors (Lipinski definition) is 2. The topological polar surface area (TPSA) is 35.2 Å². The molecule has 2 N–H and O–H groups in total. The molecule has 5 heteroatoms. The number of anilines is 1. The molecule has 2 nitrogen and oxygen atoms in total. The Labute approximate surface area is 79.2 Å². The fraction of sp³-hybridized carbons (Fsp3) is 0.250. The lowest BCUT2D eigenvalue weighted by atomic mass is 10.2. The molecule has 0 aromatic heterocycles. The summed E-state index contributed by atoms with van der Waals surface area (Å²) in [6, 6.07) is 2.76. The van der Waals surface area contributed by atoms with Gasteiger partial charge in [0.1, 0.15) is 5.75 Å². The highest BCUT2D eigenvalue weighted by molar-refractivity contribution is 6.32. The van der Waals surface area contributed by atoms with Crippen LogP contribution in [-0.2, 0) is 0 Å². The Morgan fingerprint density at radius 1 is 1.46 bits per heavy atom. The lowest BCUT2D eigenvalue weighted by Gasteiger charge is -2.08. The average molecular weight is 208 g/mol. The van der Waals surface area contributed by atoms with E-state index in [1.807, 2.05) is 0 Å². The summed E-state index contributed by atoms with van der Waals surface area (Å²) in [4.78, 5) is 0. The molecule has 0 amide bonds. The van der Waals surface area contributed by atoms with Gasteiger partial charge in [0.05, 0.1) is 5.02 Å². The first-order valence-electron chi connectivity index (χ1n) is 3.51. The van der Waals surface area contributed by atoms with Crippen LogP contribution in [0, 0.1) is 6.92 Å². The second kappa shape index (κ2) is 3.79. The van der Waals surface area contributed by atoms with Gasteiger partial charge in [0.2, 0.25) is 0 Å². The lowest BCUT2D eigenvalue weighted by Crippen LogP contribution is -2.03. The van der Waals surface area contributed by atoms with E-state index in [1.165, 1.54) is 12.1 Å². The number of nitrogens with two attached hydrogens (primary N) is 1. The first-order chi connectivity index (χ1) is 6.00. The van der Waals surface area contributed by atoms with Crippen LogP contribution >= 0.6 is 11.6 Å². The summed E-state index contributed by atoms with van der Waals surface area (Å²) >= 11 is 5.61. The van der Waals surface area contributed by atoms with E-state index in [9.17, 15) is 8.78 Å². The third-order valence-corrected chi connectivity index (χ3v) is 1.83. The molecule has 0 saturated heterocycles. The summed E-state index contributed by atoms with van der Waals surface area (Å²) in [5.74, 6) is -0.0524. The van der Waals surface area contributed by atoms with Crippen LogP contribution in [-0.4, -0.2) is 6.61 Å². The van der Waals surface area contributed by atoms with Crippen molar-refractivity contribution >= 4 is 17.3 Å². The van der Waals surface area contributed by atoms with Crippen LogP contribution in [0.5, 0.6) is 5.75 Å². The Morgan fingerprint density at radius 2 is 2.08 bits per heavy atom. The van der Waals surface area contributed by atoms with Crippen molar-refractivity contribution in [3.8, 4) is 5.75 Å². The molecule has 0 saturated carbocycles. The first kappa shape index (κ1) is 10.1. The highest BCUT2D eigenvalue weighted by atomic mass is 35.5. The largest absolute Gasteiger partial charge is 0.433 e. The molecule has 0 aliphatic heterocycles. The molecule has 0 heterocycles. The predicted octanol–water partition coefficient (Wildman–Crippen LogP) is 2.83. The predicted molar refractivity (Wildman–Crippen MR) is 47.2 cm³/mol. The van der Waals surface area contributed by atoms with E-state index in [0.717, 1.165) is 0 Å². The summed E-state index contributed by atoms with van der Waals surface area (Å²) in [5.41, 5.74) is 6.60. The van der Waals surface area contributed by atoms with Gasteiger partial charge in [-0.1, -0.05) is 11.6 Å². The normalized spacial score (nSPS) is 10.5. The van der Waals surface area contributed by atoms with Crippen LogP contribution in [0.3, 0.4) is 0 Å². The van der Waals surface area contributed by atoms with E-state index < -0.39 is 6.61 Å². The Morgan fingerprint density at radius 3 is 2.62 bits per heavy atom. The maximum Gasteiger partial charge on any atom is 0.387 e. The highest BCUT2D eigenvalue weighted by Crippen LogP contribution is 2.30. The molecular weight excluding hydrogens is 200 g/mol. The van der Waals surface area contributed by atoms with Crippen LogP contribution in [0.25, 0.3) is 0 Å². The minimum absolute atomic E-state index is 0.0524. The lowest BCUT2D eigenvalue weighted by molar-refractivity contribution is -0.0497. The van der Waals surface area contributed by atoms with Crippen molar-refractivity contribution in [1.29, 1.82) is 0 Å². The van der Waals surface area contributed by atoms with Gasteiger partial charge in [0.15, 0.2) is 0 Å². The maximum atomic E-state index is 11.8. The van der Waals surface area contributed by atoms with Crippen molar-refractivity contribution in [2.75, 3.05) is 5.73 Å². The van der Waals surface area contributed by atoms with Gasteiger partial charge in [0.25, 0.3) is 0 Å². The van der Waals surface area contributed by atoms with Crippen LogP contribution in [0.4, 0.5) is 14.5 Å². The summed E-state index contributed by atoms with van der Waals surface area (Å²) in [6.07, 6.45) is 0. The van der Waals surface area contributed by atoms with Crippen LogP contribution in [0.1, 0.15) is 5.56 Å². The molecule has 13 heavy (non-hydrogen) atoms. The van der Waals surface area contributed by atoms with Gasteiger partial charge in [0, 0.05) is 5.69 Å². The van der Waals surface area contributed by atoms with E-state index >= 15 is 0 Å². The molecule has 0 unspecified atom stereocenters. The first-order valence-corrected chi connectivity index (χ1v) is 3.89. The molecule has 0 atom stereocenters. The average Bonchev–Trinajstić information content (AvgIpc) is 1.99. The van der Waals surface area contributed by atoms with Crippen molar-refractivity contribution in [2.24, 2.45) is 0 Å². The summed E-state index contributed by atoms with van der Waals surface area (Å²) < 4.78 is 27.8. The molecule has 1 aromatic carbocycles. The van der Waals surface area contributed by atoms with Crippen molar-refractivity contribution in [1.82, 2.24) is 0 Å². The Bertz CT molecular complexity index is 317. The maximum absolute atomic E-state index is 11.8. The molecule has 0 aliphatic carbocycles. The van der Waals surface area contributed by atoms with Crippen molar-refractivity contribution in [2.45, 2.75) is 13.5 Å². The van der Waals surface area contributed by atoms with Gasteiger partial charge in [-0.05, 0) is 24.6 Å². The van der Waals surface area contributed by atoms with Gasteiger partial charge in [-0.15, -0.1) is 0 Å². The van der Waals surface area contributed by atoms with Gasteiger partial charge in [-0.25, -0.2) is 0 Å². The number of hydrogen-bond donors (Lipinski definition) is 1. The summed E-state index contributed by atoms with van der Waals surface area (Å²) in [6.45, 7) is -1.19.